The molecule has 1 spiro atoms. The van der Waals surface area contributed by atoms with Crippen LogP contribution < -0.4 is 20.3 Å². The zero-order valence-electron chi connectivity index (χ0n) is 20.8. The van der Waals surface area contributed by atoms with Gasteiger partial charge in [-0.15, -0.1) is 0 Å². The lowest BCUT2D eigenvalue weighted by Gasteiger charge is -2.41. The Morgan fingerprint density at radius 2 is 2.11 bits per heavy atom. The zero-order chi connectivity index (χ0) is 24.9. The third-order valence-corrected chi connectivity index (χ3v) is 9.27. The molecule has 0 saturated carbocycles. The summed E-state index contributed by atoms with van der Waals surface area (Å²) in [5.74, 6) is 2.38. The fraction of sp³-hybridized carbons (Fsp3) is 0.640. The molecule has 3 unspecified atom stereocenters. The monoisotopic (exact) mass is 514 g/mol. The number of aliphatic hydroxyl groups excluding tert-OH is 1. The Balaban J connectivity index is 1.19. The van der Waals surface area contributed by atoms with E-state index in [1.54, 1.807) is 13.3 Å². The number of rotatable bonds is 5. The number of methoxy groups -OCH3 is 1. The van der Waals surface area contributed by atoms with E-state index in [1.807, 2.05) is 12.3 Å². The van der Waals surface area contributed by atoms with Crippen LogP contribution in [0, 0.1) is 5.41 Å². The molecule has 4 aliphatic rings. The second kappa shape index (κ2) is 9.60. The highest BCUT2D eigenvalue weighted by atomic mass is 32.2. The summed E-state index contributed by atoms with van der Waals surface area (Å²) in [7, 11) is 1.76. The summed E-state index contributed by atoms with van der Waals surface area (Å²) in [6.07, 6.45) is 6.72. The van der Waals surface area contributed by atoms with Crippen LogP contribution in [0.25, 0.3) is 0 Å². The van der Waals surface area contributed by atoms with Crippen LogP contribution in [0.1, 0.15) is 31.9 Å². The van der Waals surface area contributed by atoms with E-state index in [0.717, 1.165) is 67.8 Å². The van der Waals surface area contributed by atoms with Gasteiger partial charge in [0.1, 0.15) is 17.3 Å². The van der Waals surface area contributed by atoms with Gasteiger partial charge < -0.3 is 34.9 Å². The standard InChI is InChI=1S/C25H34N6O4S/c1-15-22(26)25(14-35-15)4-7-30(8-5-25)23-18(12-32)29-20(10-28-23)36-19-3-6-27-24-21(19)34-13-16-9-17(33-2)11-31(16)24/h3,6,10,15-17,22,32H,4-5,7-9,11-14,26H2,1-2H3/t15?,16?,17?,22-/m1/s1. The van der Waals surface area contributed by atoms with Gasteiger partial charge in [-0.2, -0.15) is 0 Å². The number of aromatic nitrogens is 3. The summed E-state index contributed by atoms with van der Waals surface area (Å²) in [6, 6.07) is 2.29. The minimum absolute atomic E-state index is 0.0383. The minimum Gasteiger partial charge on any atom is -0.486 e. The first-order valence-electron chi connectivity index (χ1n) is 12.7. The van der Waals surface area contributed by atoms with Crippen LogP contribution in [-0.2, 0) is 16.1 Å². The lowest BCUT2D eigenvalue weighted by Crippen LogP contribution is -2.51. The van der Waals surface area contributed by atoms with E-state index < -0.39 is 0 Å². The van der Waals surface area contributed by atoms with Crippen LogP contribution in [0.3, 0.4) is 0 Å². The topological polar surface area (TPSA) is 119 Å². The third-order valence-electron chi connectivity index (χ3n) is 8.32. The van der Waals surface area contributed by atoms with E-state index in [9.17, 15) is 5.11 Å². The number of pyridine rings is 1. The number of ether oxygens (including phenoxy) is 3. The molecule has 194 valence electrons. The Kier molecular flexibility index (Phi) is 6.45. The fourth-order valence-electron chi connectivity index (χ4n) is 6.05. The average molecular weight is 515 g/mol. The Morgan fingerprint density at radius 3 is 2.83 bits per heavy atom. The number of fused-ring (bicyclic) bond motifs is 3. The average Bonchev–Trinajstić information content (AvgIpc) is 3.46. The normalized spacial score (nSPS) is 28.8. The van der Waals surface area contributed by atoms with Crippen molar-refractivity contribution in [2.75, 3.05) is 49.8 Å². The van der Waals surface area contributed by atoms with Crippen molar-refractivity contribution in [1.29, 1.82) is 0 Å². The summed E-state index contributed by atoms with van der Waals surface area (Å²) in [4.78, 5) is 19.6. The van der Waals surface area contributed by atoms with Crippen molar-refractivity contribution in [3.63, 3.8) is 0 Å². The first kappa shape index (κ1) is 24.2. The molecule has 0 radical (unpaired) electrons. The molecule has 3 saturated heterocycles. The molecular formula is C25H34N6O4S. The highest BCUT2D eigenvalue weighted by molar-refractivity contribution is 7.99. The summed E-state index contributed by atoms with van der Waals surface area (Å²) in [5, 5.41) is 10.8. The maximum Gasteiger partial charge on any atom is 0.175 e. The van der Waals surface area contributed by atoms with E-state index in [-0.39, 0.29) is 36.3 Å². The molecule has 0 amide bonds. The molecule has 3 fully saturated rings. The van der Waals surface area contributed by atoms with Gasteiger partial charge in [0.25, 0.3) is 0 Å². The summed E-state index contributed by atoms with van der Waals surface area (Å²) in [6.45, 7) is 5.68. The molecule has 6 rings (SSSR count). The van der Waals surface area contributed by atoms with Gasteiger partial charge >= 0.3 is 0 Å². The second-order valence-corrected chi connectivity index (χ2v) is 11.4. The molecule has 0 aromatic carbocycles. The summed E-state index contributed by atoms with van der Waals surface area (Å²) < 4.78 is 17.6. The predicted octanol–water partition coefficient (Wildman–Crippen LogP) is 1.83. The summed E-state index contributed by atoms with van der Waals surface area (Å²) >= 11 is 1.48. The van der Waals surface area contributed by atoms with Gasteiger partial charge in [0.2, 0.25) is 0 Å². The number of piperidine rings is 1. The van der Waals surface area contributed by atoms with Crippen LogP contribution in [0.4, 0.5) is 11.6 Å². The van der Waals surface area contributed by atoms with Crippen molar-refractivity contribution in [2.45, 2.75) is 67.0 Å². The van der Waals surface area contributed by atoms with Crippen molar-refractivity contribution >= 4 is 23.4 Å². The van der Waals surface area contributed by atoms with Gasteiger partial charge in [-0.05, 0) is 32.3 Å². The van der Waals surface area contributed by atoms with Crippen molar-refractivity contribution in [3.05, 3.63) is 24.2 Å². The van der Waals surface area contributed by atoms with Gasteiger partial charge in [-0.25, -0.2) is 15.0 Å². The van der Waals surface area contributed by atoms with Crippen molar-refractivity contribution < 1.29 is 19.3 Å². The second-order valence-electron chi connectivity index (χ2n) is 10.3. The number of nitrogens with zero attached hydrogens (tertiary/aromatic N) is 5. The van der Waals surface area contributed by atoms with Gasteiger partial charge in [-0.3, -0.25) is 0 Å². The highest BCUT2D eigenvalue weighted by Gasteiger charge is 2.48. The maximum atomic E-state index is 10.1. The van der Waals surface area contributed by atoms with Crippen LogP contribution in [0.15, 0.2) is 28.4 Å². The van der Waals surface area contributed by atoms with Crippen LogP contribution in [0.5, 0.6) is 5.75 Å². The van der Waals surface area contributed by atoms with E-state index in [1.165, 1.54) is 11.8 Å². The largest absolute Gasteiger partial charge is 0.486 e. The fourth-order valence-corrected chi connectivity index (χ4v) is 6.91. The van der Waals surface area contributed by atoms with Crippen molar-refractivity contribution in [3.8, 4) is 5.75 Å². The van der Waals surface area contributed by atoms with Gasteiger partial charge in [-0.1, -0.05) is 11.8 Å². The molecule has 0 aliphatic carbocycles. The van der Waals surface area contributed by atoms with Gasteiger partial charge in [0.15, 0.2) is 17.4 Å². The quantitative estimate of drug-likeness (QED) is 0.608. The number of nitrogens with two attached hydrogens (primary N) is 1. The van der Waals surface area contributed by atoms with E-state index >= 15 is 0 Å². The number of hydrogen-bond donors (Lipinski definition) is 2. The van der Waals surface area contributed by atoms with Crippen LogP contribution >= 0.6 is 11.8 Å². The molecule has 4 aliphatic heterocycles. The van der Waals surface area contributed by atoms with E-state index in [4.69, 9.17) is 29.9 Å². The lowest BCUT2D eigenvalue weighted by molar-refractivity contribution is 0.0973. The first-order chi connectivity index (χ1) is 17.5. The zero-order valence-corrected chi connectivity index (χ0v) is 21.6. The molecule has 2 aromatic rings. The maximum absolute atomic E-state index is 10.1. The number of hydrogen-bond acceptors (Lipinski definition) is 11. The third kappa shape index (κ3) is 4.10. The molecule has 6 heterocycles. The Bertz CT molecular complexity index is 1110. The highest BCUT2D eigenvalue weighted by Crippen LogP contribution is 2.45. The van der Waals surface area contributed by atoms with Crippen molar-refractivity contribution in [2.24, 2.45) is 11.1 Å². The molecule has 4 atom stereocenters. The molecule has 11 heteroatoms. The van der Waals surface area contributed by atoms with Crippen LogP contribution in [0.2, 0.25) is 0 Å². The number of anilines is 2. The number of aliphatic hydroxyl groups is 1. The Morgan fingerprint density at radius 1 is 1.28 bits per heavy atom. The van der Waals surface area contributed by atoms with E-state index in [0.29, 0.717) is 17.3 Å². The molecular weight excluding hydrogens is 480 g/mol. The van der Waals surface area contributed by atoms with Crippen molar-refractivity contribution in [1.82, 2.24) is 15.0 Å². The SMILES string of the molecule is COC1CC2COc3c(Sc4cnc(N5CCC6(CC5)COC(C)[C@H]6N)c(CO)n4)ccnc3N2C1. The first-order valence-corrected chi connectivity index (χ1v) is 13.5. The van der Waals surface area contributed by atoms with Gasteiger partial charge in [0.05, 0.1) is 42.6 Å². The molecule has 2 aromatic heterocycles. The van der Waals surface area contributed by atoms with Crippen LogP contribution in [-0.4, -0.2) is 84.3 Å². The predicted molar refractivity (Wildman–Crippen MR) is 136 cm³/mol. The molecule has 0 bridgehead atoms. The molecule has 36 heavy (non-hydrogen) atoms. The lowest BCUT2D eigenvalue weighted by atomic mass is 9.73. The smallest absolute Gasteiger partial charge is 0.175 e. The Labute approximate surface area is 215 Å². The molecule has 3 N–H and O–H groups in total. The van der Waals surface area contributed by atoms with E-state index in [2.05, 4.69) is 21.7 Å². The minimum atomic E-state index is -0.170. The van der Waals surface area contributed by atoms with Gasteiger partial charge in [0, 0.05) is 44.4 Å². The molecule has 10 nitrogen and oxygen atoms in total. The summed E-state index contributed by atoms with van der Waals surface area (Å²) in [5.41, 5.74) is 7.10. The Hall–Kier alpha value is -2.18.